The van der Waals surface area contributed by atoms with Crippen molar-refractivity contribution in [3.63, 3.8) is 0 Å². The summed E-state index contributed by atoms with van der Waals surface area (Å²) in [5.74, 6) is 0.809. The van der Waals surface area contributed by atoms with Crippen LogP contribution >= 0.6 is 0 Å². The molecule has 1 aliphatic rings. The summed E-state index contributed by atoms with van der Waals surface area (Å²) >= 11 is 0. The smallest absolute Gasteiger partial charge is 0.0469 e. The van der Waals surface area contributed by atoms with Crippen molar-refractivity contribution in [3.8, 4) is 0 Å². The van der Waals surface area contributed by atoms with E-state index in [4.69, 9.17) is 4.74 Å². The summed E-state index contributed by atoms with van der Waals surface area (Å²) in [5.41, 5.74) is 2.82. The van der Waals surface area contributed by atoms with Gasteiger partial charge in [0, 0.05) is 26.3 Å². The third-order valence-corrected chi connectivity index (χ3v) is 4.05. The Balaban J connectivity index is 1.76. The van der Waals surface area contributed by atoms with Crippen LogP contribution in [0.3, 0.4) is 0 Å². The fourth-order valence-corrected chi connectivity index (χ4v) is 2.83. The van der Waals surface area contributed by atoms with E-state index >= 15 is 0 Å². The van der Waals surface area contributed by atoms with Crippen molar-refractivity contribution < 1.29 is 4.74 Å². The zero-order valence-electron chi connectivity index (χ0n) is 12.9. The first-order chi connectivity index (χ1) is 9.78. The minimum Gasteiger partial charge on any atom is -0.381 e. The molecular formula is C17H28N2O. The van der Waals surface area contributed by atoms with Gasteiger partial charge in [0.1, 0.15) is 0 Å². The van der Waals surface area contributed by atoms with Crippen LogP contribution in [0.4, 0.5) is 0 Å². The molecule has 2 rings (SSSR count). The Hall–Kier alpha value is -0.900. The largest absolute Gasteiger partial charge is 0.381 e. The van der Waals surface area contributed by atoms with Crippen LogP contribution in [0.25, 0.3) is 0 Å². The highest BCUT2D eigenvalue weighted by atomic mass is 16.5. The van der Waals surface area contributed by atoms with Crippen molar-refractivity contribution in [2.75, 3.05) is 40.4 Å². The van der Waals surface area contributed by atoms with E-state index in [2.05, 4.69) is 41.5 Å². The number of nitrogens with one attached hydrogen (secondary N) is 1. The highest BCUT2D eigenvalue weighted by molar-refractivity contribution is 5.22. The van der Waals surface area contributed by atoms with E-state index in [1.165, 1.54) is 30.5 Å². The fourth-order valence-electron chi connectivity index (χ4n) is 2.83. The van der Waals surface area contributed by atoms with E-state index in [1.807, 2.05) is 7.05 Å². The predicted octanol–water partition coefficient (Wildman–Crippen LogP) is 2.31. The van der Waals surface area contributed by atoms with Crippen LogP contribution in [0.5, 0.6) is 0 Å². The number of ether oxygens (including phenoxy) is 1. The van der Waals surface area contributed by atoms with Gasteiger partial charge in [-0.25, -0.2) is 0 Å². The minimum absolute atomic E-state index is 0.809. The fraction of sp³-hybridized carbons (Fsp3) is 0.647. The molecule has 20 heavy (non-hydrogen) atoms. The molecule has 0 unspecified atom stereocenters. The van der Waals surface area contributed by atoms with Crippen molar-refractivity contribution in [1.29, 1.82) is 0 Å². The number of hydrogen-bond acceptors (Lipinski definition) is 3. The molecule has 1 aromatic rings. The maximum Gasteiger partial charge on any atom is 0.0469 e. The van der Waals surface area contributed by atoms with Crippen LogP contribution in [0, 0.1) is 5.92 Å². The molecule has 0 bridgehead atoms. The summed E-state index contributed by atoms with van der Waals surface area (Å²) in [4.78, 5) is 2.44. The third kappa shape index (κ3) is 5.23. The summed E-state index contributed by atoms with van der Waals surface area (Å²) in [6.07, 6.45) is 3.54. The van der Waals surface area contributed by atoms with Crippen molar-refractivity contribution in [3.05, 3.63) is 35.4 Å². The molecule has 0 radical (unpaired) electrons. The highest BCUT2D eigenvalue weighted by Crippen LogP contribution is 2.16. The Morgan fingerprint density at radius 3 is 2.45 bits per heavy atom. The molecule has 1 aliphatic heterocycles. The average molecular weight is 276 g/mol. The second-order valence-electron chi connectivity index (χ2n) is 5.92. The van der Waals surface area contributed by atoms with Crippen molar-refractivity contribution >= 4 is 0 Å². The number of rotatable bonds is 7. The van der Waals surface area contributed by atoms with Crippen molar-refractivity contribution in [1.82, 2.24) is 10.2 Å². The van der Waals surface area contributed by atoms with Crippen LogP contribution in [0.2, 0.25) is 0 Å². The molecule has 0 aromatic heterocycles. The SMILES string of the molecule is CNCCc1ccc(CN(C)CC2CCOCC2)cc1. The minimum atomic E-state index is 0.809. The van der Waals surface area contributed by atoms with E-state index in [-0.39, 0.29) is 0 Å². The Kier molecular flexibility index (Phi) is 6.51. The molecule has 0 amide bonds. The molecule has 1 aromatic carbocycles. The Labute approximate surface area is 123 Å². The zero-order valence-corrected chi connectivity index (χ0v) is 12.9. The number of benzene rings is 1. The lowest BCUT2D eigenvalue weighted by atomic mass is 9.99. The number of hydrogen-bond donors (Lipinski definition) is 1. The maximum absolute atomic E-state index is 5.42. The second kappa shape index (κ2) is 8.40. The van der Waals surface area contributed by atoms with Crippen LogP contribution in [0.1, 0.15) is 24.0 Å². The van der Waals surface area contributed by atoms with Crippen molar-refractivity contribution in [2.45, 2.75) is 25.8 Å². The molecular weight excluding hydrogens is 248 g/mol. The topological polar surface area (TPSA) is 24.5 Å². The molecule has 3 heteroatoms. The Morgan fingerprint density at radius 1 is 1.15 bits per heavy atom. The normalized spacial score (nSPS) is 16.8. The van der Waals surface area contributed by atoms with Gasteiger partial charge in [0.2, 0.25) is 0 Å². The van der Waals surface area contributed by atoms with E-state index in [0.29, 0.717) is 0 Å². The quantitative estimate of drug-likeness (QED) is 0.827. The van der Waals surface area contributed by atoms with Gasteiger partial charge in [-0.15, -0.1) is 0 Å². The monoisotopic (exact) mass is 276 g/mol. The van der Waals surface area contributed by atoms with Gasteiger partial charge in [0.05, 0.1) is 0 Å². The summed E-state index contributed by atoms with van der Waals surface area (Å²) in [7, 11) is 4.23. The maximum atomic E-state index is 5.42. The lowest BCUT2D eigenvalue weighted by Gasteiger charge is -2.27. The first kappa shape index (κ1) is 15.5. The van der Waals surface area contributed by atoms with Gasteiger partial charge in [-0.05, 0) is 56.9 Å². The second-order valence-corrected chi connectivity index (χ2v) is 5.92. The van der Waals surface area contributed by atoms with Gasteiger partial charge in [0.15, 0.2) is 0 Å². The van der Waals surface area contributed by atoms with Crippen molar-refractivity contribution in [2.24, 2.45) is 5.92 Å². The summed E-state index contributed by atoms with van der Waals surface area (Å²) in [5, 5.41) is 3.19. The molecule has 0 atom stereocenters. The first-order valence-corrected chi connectivity index (χ1v) is 7.76. The van der Waals surface area contributed by atoms with Gasteiger partial charge in [-0.2, -0.15) is 0 Å². The van der Waals surface area contributed by atoms with Gasteiger partial charge >= 0.3 is 0 Å². The lowest BCUT2D eigenvalue weighted by molar-refractivity contribution is 0.0549. The van der Waals surface area contributed by atoms with E-state index < -0.39 is 0 Å². The van der Waals surface area contributed by atoms with Crippen LogP contribution in [-0.4, -0.2) is 45.3 Å². The van der Waals surface area contributed by atoms with E-state index in [9.17, 15) is 0 Å². The van der Waals surface area contributed by atoms with Gasteiger partial charge in [-0.3, -0.25) is 0 Å². The molecule has 0 saturated carbocycles. The molecule has 1 saturated heterocycles. The van der Waals surface area contributed by atoms with Gasteiger partial charge < -0.3 is 15.0 Å². The Bertz CT molecular complexity index is 371. The van der Waals surface area contributed by atoms with Crippen LogP contribution in [-0.2, 0) is 17.7 Å². The average Bonchev–Trinajstić information content (AvgIpc) is 2.47. The van der Waals surface area contributed by atoms with E-state index in [1.54, 1.807) is 0 Å². The third-order valence-electron chi connectivity index (χ3n) is 4.05. The molecule has 1 heterocycles. The molecule has 0 spiro atoms. The summed E-state index contributed by atoms with van der Waals surface area (Å²) in [6, 6.07) is 9.06. The van der Waals surface area contributed by atoms with Gasteiger partial charge in [0.25, 0.3) is 0 Å². The van der Waals surface area contributed by atoms with Crippen LogP contribution < -0.4 is 5.32 Å². The molecule has 1 fully saturated rings. The standard InChI is InChI=1S/C17H28N2O/c1-18-10-7-15-3-5-16(6-4-15)13-19(2)14-17-8-11-20-12-9-17/h3-6,17-18H,7-14H2,1-2H3. The summed E-state index contributed by atoms with van der Waals surface area (Å²) in [6.45, 7) is 5.16. The molecule has 1 N–H and O–H groups in total. The van der Waals surface area contributed by atoms with Crippen LogP contribution in [0.15, 0.2) is 24.3 Å². The first-order valence-electron chi connectivity index (χ1n) is 7.76. The Morgan fingerprint density at radius 2 is 1.80 bits per heavy atom. The zero-order chi connectivity index (χ0) is 14.2. The predicted molar refractivity (Wildman–Crippen MR) is 83.9 cm³/mol. The number of likely N-dealkylation sites (N-methyl/N-ethyl adjacent to an activating group) is 1. The van der Waals surface area contributed by atoms with E-state index in [0.717, 1.165) is 38.6 Å². The summed E-state index contributed by atoms with van der Waals surface area (Å²) < 4.78 is 5.42. The molecule has 112 valence electrons. The number of nitrogens with zero attached hydrogens (tertiary/aromatic N) is 1. The van der Waals surface area contributed by atoms with Gasteiger partial charge in [-0.1, -0.05) is 24.3 Å². The highest BCUT2D eigenvalue weighted by Gasteiger charge is 2.15. The molecule has 3 nitrogen and oxygen atoms in total. The lowest BCUT2D eigenvalue weighted by Crippen LogP contribution is -2.29. The molecule has 0 aliphatic carbocycles.